The molecule has 1 saturated heterocycles. The van der Waals surface area contributed by atoms with Gasteiger partial charge in [0, 0.05) is 31.3 Å². The third-order valence-electron chi connectivity index (χ3n) is 4.52. The fraction of sp³-hybridized carbons (Fsp3) is 0.316. The van der Waals surface area contributed by atoms with E-state index in [9.17, 15) is 14.0 Å². The second kappa shape index (κ2) is 7.81. The van der Waals surface area contributed by atoms with E-state index in [1.54, 1.807) is 10.6 Å². The molecule has 1 amide bonds. The smallest absolute Gasteiger partial charge is 0.291 e. The number of carbonyl (C=O) groups is 1. The molecule has 1 aromatic carbocycles. The Hall–Kier alpha value is -3.20. The summed E-state index contributed by atoms with van der Waals surface area (Å²) in [4.78, 5) is 30.8. The van der Waals surface area contributed by atoms with Crippen molar-refractivity contribution < 1.29 is 18.7 Å². The Morgan fingerprint density at radius 3 is 3.18 bits per heavy atom. The summed E-state index contributed by atoms with van der Waals surface area (Å²) in [5, 5.41) is 2.67. The molecule has 1 atom stereocenters. The van der Waals surface area contributed by atoms with Crippen LogP contribution in [0.3, 0.4) is 0 Å². The van der Waals surface area contributed by atoms with E-state index >= 15 is 0 Å². The third-order valence-corrected chi connectivity index (χ3v) is 4.52. The maximum atomic E-state index is 13.7. The zero-order valence-corrected chi connectivity index (χ0v) is 15.0. The number of amides is 1. The highest BCUT2D eigenvalue weighted by atomic mass is 19.1. The van der Waals surface area contributed by atoms with Gasteiger partial charge in [0.15, 0.2) is 0 Å². The number of hydrogen-bond acceptors (Lipinski definition) is 5. The summed E-state index contributed by atoms with van der Waals surface area (Å²) in [6, 6.07) is 3.97. The van der Waals surface area contributed by atoms with Crippen LogP contribution in [0.4, 0.5) is 10.1 Å². The molecule has 0 saturated carbocycles. The van der Waals surface area contributed by atoms with Crippen LogP contribution >= 0.6 is 0 Å². The first-order valence-corrected chi connectivity index (χ1v) is 8.97. The summed E-state index contributed by atoms with van der Waals surface area (Å²) in [7, 11) is 0. The molecule has 3 aromatic rings. The Morgan fingerprint density at radius 2 is 2.36 bits per heavy atom. The number of anilines is 1. The number of halogens is 1. The molecule has 2 N–H and O–H groups in total. The van der Waals surface area contributed by atoms with Crippen LogP contribution in [-0.4, -0.2) is 39.6 Å². The van der Waals surface area contributed by atoms with E-state index in [0.29, 0.717) is 24.7 Å². The number of aromatic amines is 1. The maximum Gasteiger partial charge on any atom is 0.291 e. The number of carbonyl (C=O) groups excluding carboxylic acids is 1. The molecule has 1 fully saturated rings. The summed E-state index contributed by atoms with van der Waals surface area (Å²) in [5.41, 5.74) is 0.646. The Bertz CT molecular complexity index is 1060. The van der Waals surface area contributed by atoms with Gasteiger partial charge in [-0.15, -0.1) is 0 Å². The van der Waals surface area contributed by atoms with Crippen molar-refractivity contribution in [2.24, 2.45) is 0 Å². The van der Waals surface area contributed by atoms with E-state index in [-0.39, 0.29) is 35.3 Å². The van der Waals surface area contributed by atoms with Crippen LogP contribution in [0.1, 0.15) is 18.5 Å². The highest BCUT2D eigenvalue weighted by Gasteiger charge is 2.18. The van der Waals surface area contributed by atoms with Crippen LogP contribution in [-0.2, 0) is 16.0 Å². The molecule has 0 radical (unpaired) electrons. The predicted molar refractivity (Wildman–Crippen MR) is 99.0 cm³/mol. The normalized spacial score (nSPS) is 16.4. The summed E-state index contributed by atoms with van der Waals surface area (Å²) in [5.74, 6) is -0.490. The number of benzene rings is 1. The predicted octanol–water partition coefficient (Wildman–Crippen LogP) is 1.90. The maximum absolute atomic E-state index is 13.7. The number of hydrogen-bond donors (Lipinski definition) is 2. The Morgan fingerprint density at radius 1 is 1.46 bits per heavy atom. The quantitative estimate of drug-likeness (QED) is 0.674. The first kappa shape index (κ1) is 18.2. The number of rotatable bonds is 6. The van der Waals surface area contributed by atoms with Gasteiger partial charge in [0.05, 0.1) is 23.9 Å². The minimum absolute atomic E-state index is 0.00449. The van der Waals surface area contributed by atoms with Gasteiger partial charge in [0.1, 0.15) is 18.2 Å². The van der Waals surface area contributed by atoms with Gasteiger partial charge >= 0.3 is 0 Å². The number of imidazole rings is 1. The van der Waals surface area contributed by atoms with Crippen LogP contribution in [0.2, 0.25) is 0 Å². The molecule has 1 aliphatic rings. The van der Waals surface area contributed by atoms with Crippen LogP contribution in [0.25, 0.3) is 5.65 Å². The second-order valence-electron chi connectivity index (χ2n) is 6.54. The molecular formula is C19H19FN4O4. The summed E-state index contributed by atoms with van der Waals surface area (Å²) in [6.07, 6.45) is 6.42. The van der Waals surface area contributed by atoms with Crippen molar-refractivity contribution >= 4 is 17.2 Å². The SMILES string of the molecule is O=C(Cc1cnc2c(=O)[nH]ccn12)Nc1cc(F)ccc1OCC1CCCO1. The highest BCUT2D eigenvalue weighted by Crippen LogP contribution is 2.26. The van der Waals surface area contributed by atoms with Gasteiger partial charge in [-0.2, -0.15) is 0 Å². The molecule has 4 rings (SSSR count). The lowest BCUT2D eigenvalue weighted by Crippen LogP contribution is -2.19. The van der Waals surface area contributed by atoms with Crippen molar-refractivity contribution in [3.8, 4) is 5.75 Å². The van der Waals surface area contributed by atoms with Gasteiger partial charge in [-0.3, -0.25) is 14.0 Å². The molecule has 1 unspecified atom stereocenters. The van der Waals surface area contributed by atoms with Crippen LogP contribution in [0.15, 0.2) is 41.6 Å². The number of aromatic nitrogens is 3. The van der Waals surface area contributed by atoms with Gasteiger partial charge in [-0.1, -0.05) is 0 Å². The average molecular weight is 386 g/mol. The molecule has 8 nitrogen and oxygen atoms in total. The average Bonchev–Trinajstić information content (AvgIpc) is 3.32. The second-order valence-corrected chi connectivity index (χ2v) is 6.54. The molecule has 0 bridgehead atoms. The standard InChI is InChI=1S/C19H19FN4O4/c20-12-3-4-16(28-11-14-2-1-7-27-14)15(8-12)23-17(25)9-13-10-22-18-19(26)21-5-6-24(13)18/h3-6,8,10,14H,1-2,7,9,11H2,(H,21,26)(H,23,25). The van der Waals surface area contributed by atoms with Gasteiger partial charge in [-0.25, -0.2) is 9.37 Å². The van der Waals surface area contributed by atoms with Gasteiger partial charge < -0.3 is 19.8 Å². The van der Waals surface area contributed by atoms with Gasteiger partial charge in [-0.05, 0) is 25.0 Å². The van der Waals surface area contributed by atoms with E-state index < -0.39 is 5.82 Å². The topological polar surface area (TPSA) is 97.7 Å². The molecule has 146 valence electrons. The minimum Gasteiger partial charge on any atom is -0.489 e. The van der Waals surface area contributed by atoms with E-state index in [1.807, 2.05) is 0 Å². The Kier molecular flexibility index (Phi) is 5.07. The molecule has 28 heavy (non-hydrogen) atoms. The van der Waals surface area contributed by atoms with Gasteiger partial charge in [0.25, 0.3) is 5.56 Å². The Balaban J connectivity index is 1.48. The zero-order chi connectivity index (χ0) is 19.5. The van der Waals surface area contributed by atoms with E-state index in [4.69, 9.17) is 9.47 Å². The molecule has 0 spiro atoms. The third kappa shape index (κ3) is 3.89. The van der Waals surface area contributed by atoms with Crippen LogP contribution in [0.5, 0.6) is 5.75 Å². The number of ether oxygens (including phenoxy) is 2. The van der Waals surface area contributed by atoms with E-state index in [2.05, 4.69) is 15.3 Å². The van der Waals surface area contributed by atoms with E-state index in [0.717, 1.165) is 12.8 Å². The summed E-state index contributed by atoms with van der Waals surface area (Å²) < 4.78 is 26.5. The number of nitrogens with zero attached hydrogens (tertiary/aromatic N) is 2. The monoisotopic (exact) mass is 386 g/mol. The fourth-order valence-corrected chi connectivity index (χ4v) is 3.16. The molecule has 9 heteroatoms. The van der Waals surface area contributed by atoms with Crippen molar-refractivity contribution in [3.05, 3.63) is 58.7 Å². The highest BCUT2D eigenvalue weighted by molar-refractivity contribution is 5.93. The molecular weight excluding hydrogens is 367 g/mol. The molecule has 1 aliphatic heterocycles. The molecule has 3 heterocycles. The minimum atomic E-state index is -0.485. The zero-order valence-electron chi connectivity index (χ0n) is 15.0. The van der Waals surface area contributed by atoms with Crippen molar-refractivity contribution in [3.63, 3.8) is 0 Å². The lowest BCUT2D eigenvalue weighted by atomic mass is 10.2. The lowest BCUT2D eigenvalue weighted by molar-refractivity contribution is -0.115. The van der Waals surface area contributed by atoms with E-state index in [1.165, 1.54) is 30.6 Å². The van der Waals surface area contributed by atoms with Crippen LogP contribution in [0, 0.1) is 5.82 Å². The van der Waals surface area contributed by atoms with Gasteiger partial charge in [0.2, 0.25) is 11.6 Å². The van der Waals surface area contributed by atoms with Crippen molar-refractivity contribution in [2.75, 3.05) is 18.5 Å². The lowest BCUT2D eigenvalue weighted by Gasteiger charge is -2.15. The first-order valence-electron chi connectivity index (χ1n) is 8.97. The molecule has 0 aliphatic carbocycles. The fourth-order valence-electron chi connectivity index (χ4n) is 3.16. The van der Waals surface area contributed by atoms with Crippen molar-refractivity contribution in [2.45, 2.75) is 25.4 Å². The Labute approximate surface area is 159 Å². The summed E-state index contributed by atoms with van der Waals surface area (Å²) >= 11 is 0. The van der Waals surface area contributed by atoms with Crippen molar-refractivity contribution in [1.29, 1.82) is 0 Å². The number of H-pyrrole nitrogens is 1. The number of nitrogens with one attached hydrogen (secondary N) is 2. The largest absolute Gasteiger partial charge is 0.489 e. The summed E-state index contributed by atoms with van der Waals surface area (Å²) in [6.45, 7) is 1.05. The van der Waals surface area contributed by atoms with Crippen LogP contribution < -0.4 is 15.6 Å². The van der Waals surface area contributed by atoms with Crippen molar-refractivity contribution in [1.82, 2.24) is 14.4 Å². The number of fused-ring (bicyclic) bond motifs is 1. The molecule has 2 aromatic heterocycles. The first-order chi connectivity index (χ1) is 13.6.